The van der Waals surface area contributed by atoms with Crippen LogP contribution >= 0.6 is 11.3 Å². The van der Waals surface area contributed by atoms with Gasteiger partial charge in [-0.25, -0.2) is 0 Å². The van der Waals surface area contributed by atoms with Gasteiger partial charge in [-0.05, 0) is 12.1 Å². The van der Waals surface area contributed by atoms with Gasteiger partial charge in [0, 0.05) is 17.8 Å². The minimum absolute atomic E-state index is 0.327. The maximum Gasteiger partial charge on any atom is 0.129 e. The van der Waals surface area contributed by atoms with Crippen molar-refractivity contribution in [3.8, 4) is 11.5 Å². The fourth-order valence-electron chi connectivity index (χ4n) is 1.73. The van der Waals surface area contributed by atoms with E-state index in [0.29, 0.717) is 19.0 Å². The van der Waals surface area contributed by atoms with E-state index in [1.165, 1.54) is 0 Å². The summed E-state index contributed by atoms with van der Waals surface area (Å²) in [7, 11) is 0. The van der Waals surface area contributed by atoms with Crippen molar-refractivity contribution in [1.82, 2.24) is 4.98 Å². The van der Waals surface area contributed by atoms with Crippen molar-refractivity contribution in [3.05, 3.63) is 40.3 Å². The molecule has 2 aromatic rings. The predicted octanol–water partition coefficient (Wildman–Crippen LogP) is 2.15. The van der Waals surface area contributed by atoms with E-state index in [-0.39, 0.29) is 0 Å². The number of aliphatic hydroxyl groups is 1. The average Bonchev–Trinajstić information content (AvgIpc) is 2.97. The lowest BCUT2D eigenvalue weighted by Crippen LogP contribution is -1.97. The van der Waals surface area contributed by atoms with E-state index >= 15 is 0 Å². The molecule has 0 radical (unpaired) electrons. The largest absolute Gasteiger partial charge is 0.490 e. The molecule has 17 heavy (non-hydrogen) atoms. The van der Waals surface area contributed by atoms with Gasteiger partial charge >= 0.3 is 0 Å². The van der Waals surface area contributed by atoms with Crippen LogP contribution in [0.4, 0.5) is 0 Å². The maximum atomic E-state index is 9.58. The van der Waals surface area contributed by atoms with Crippen LogP contribution in [-0.4, -0.2) is 16.7 Å². The van der Waals surface area contributed by atoms with E-state index in [2.05, 4.69) is 4.98 Å². The van der Waals surface area contributed by atoms with Crippen molar-refractivity contribution in [2.24, 2.45) is 0 Å². The van der Waals surface area contributed by atoms with Gasteiger partial charge in [0.15, 0.2) is 0 Å². The minimum atomic E-state index is -0.513. The van der Waals surface area contributed by atoms with E-state index < -0.39 is 6.10 Å². The fourth-order valence-corrected chi connectivity index (χ4v) is 2.24. The van der Waals surface area contributed by atoms with Crippen LogP contribution in [0.2, 0.25) is 0 Å². The first-order valence-corrected chi connectivity index (χ1v) is 6.16. The molecule has 88 valence electrons. The molecule has 2 heterocycles. The molecule has 0 aliphatic carbocycles. The zero-order valence-corrected chi connectivity index (χ0v) is 9.81. The summed E-state index contributed by atoms with van der Waals surface area (Å²) in [5.41, 5.74) is 2.61. The summed E-state index contributed by atoms with van der Waals surface area (Å²) in [6.45, 7) is 0.833. The molecule has 1 atom stereocenters. The Morgan fingerprint density at radius 2 is 2.47 bits per heavy atom. The molecule has 1 aromatic heterocycles. The van der Waals surface area contributed by atoms with Crippen molar-refractivity contribution in [2.45, 2.75) is 12.7 Å². The third kappa shape index (κ3) is 2.11. The van der Waals surface area contributed by atoms with Gasteiger partial charge in [0.2, 0.25) is 0 Å². The molecule has 1 N–H and O–H groups in total. The summed E-state index contributed by atoms with van der Waals surface area (Å²) in [6.07, 6.45) is 1.28. The van der Waals surface area contributed by atoms with Gasteiger partial charge in [-0.2, -0.15) is 0 Å². The van der Waals surface area contributed by atoms with E-state index in [0.717, 1.165) is 16.2 Å². The molecule has 1 aliphatic rings. The lowest BCUT2D eigenvalue weighted by Gasteiger charge is -2.06. The molecular formula is C12H11NO3S. The highest BCUT2D eigenvalue weighted by Gasteiger charge is 2.21. The molecule has 0 spiro atoms. The van der Waals surface area contributed by atoms with E-state index in [1.807, 2.05) is 18.2 Å². The molecule has 0 saturated carbocycles. The molecular weight excluding hydrogens is 238 g/mol. The normalized spacial score (nSPS) is 17.6. The van der Waals surface area contributed by atoms with Gasteiger partial charge in [-0.3, -0.25) is 4.98 Å². The number of ether oxygens (including phenoxy) is 2. The second-order valence-corrected chi connectivity index (χ2v) is 4.75. The minimum Gasteiger partial charge on any atom is -0.490 e. The van der Waals surface area contributed by atoms with Crippen molar-refractivity contribution in [1.29, 1.82) is 0 Å². The zero-order chi connectivity index (χ0) is 11.7. The Bertz CT molecular complexity index is 512. The summed E-state index contributed by atoms with van der Waals surface area (Å²) >= 11 is 1.56. The second-order valence-electron chi connectivity index (χ2n) is 3.78. The number of aliphatic hydroxyl groups excluding tert-OH is 1. The van der Waals surface area contributed by atoms with Crippen LogP contribution < -0.4 is 9.47 Å². The van der Waals surface area contributed by atoms with Gasteiger partial charge in [-0.1, -0.05) is 0 Å². The van der Waals surface area contributed by atoms with Crippen molar-refractivity contribution >= 4 is 11.3 Å². The first kappa shape index (κ1) is 10.6. The summed E-state index contributed by atoms with van der Waals surface area (Å²) in [4.78, 5) is 5.06. The number of thiazole rings is 1. The topological polar surface area (TPSA) is 51.6 Å². The van der Waals surface area contributed by atoms with Crippen LogP contribution in [0.15, 0.2) is 29.9 Å². The monoisotopic (exact) mass is 249 g/mol. The molecule has 5 heteroatoms. The van der Waals surface area contributed by atoms with Crippen LogP contribution in [0.1, 0.15) is 16.5 Å². The molecule has 1 aromatic carbocycles. The smallest absolute Gasteiger partial charge is 0.129 e. The van der Waals surface area contributed by atoms with Crippen molar-refractivity contribution < 1.29 is 14.6 Å². The van der Waals surface area contributed by atoms with E-state index in [9.17, 15) is 5.11 Å². The summed E-state index contributed by atoms with van der Waals surface area (Å²) in [5.74, 6) is 1.45. The van der Waals surface area contributed by atoms with Gasteiger partial charge in [0.05, 0.1) is 10.4 Å². The molecule has 1 unspecified atom stereocenters. The number of hydrogen-bond donors (Lipinski definition) is 1. The lowest BCUT2D eigenvalue weighted by molar-refractivity contribution is 0.140. The molecule has 0 amide bonds. The summed E-state index contributed by atoms with van der Waals surface area (Å²) < 4.78 is 11.0. The van der Waals surface area contributed by atoms with Gasteiger partial charge in [0.1, 0.15) is 30.8 Å². The third-order valence-electron chi connectivity index (χ3n) is 2.61. The molecule has 0 saturated heterocycles. The average molecular weight is 249 g/mol. The van der Waals surface area contributed by atoms with E-state index in [4.69, 9.17) is 9.47 Å². The van der Waals surface area contributed by atoms with Crippen molar-refractivity contribution in [2.75, 3.05) is 6.61 Å². The summed E-state index contributed by atoms with van der Waals surface area (Å²) in [5, 5.41) is 9.58. The molecule has 0 fully saturated rings. The molecule has 4 nitrogen and oxygen atoms in total. The van der Waals surface area contributed by atoms with Crippen LogP contribution in [0.25, 0.3) is 0 Å². The molecule has 1 aliphatic heterocycles. The number of rotatable bonds is 3. The Labute approximate surface area is 102 Å². The third-order valence-corrected chi connectivity index (χ3v) is 3.36. The number of aromatic nitrogens is 1. The second kappa shape index (κ2) is 4.35. The number of benzene rings is 1. The number of hydrogen-bond acceptors (Lipinski definition) is 5. The predicted molar refractivity (Wildman–Crippen MR) is 63.3 cm³/mol. The molecule has 0 bridgehead atoms. The van der Waals surface area contributed by atoms with E-state index in [1.54, 1.807) is 23.0 Å². The van der Waals surface area contributed by atoms with Crippen LogP contribution in [-0.2, 0) is 6.61 Å². The number of nitrogens with zero attached hydrogens (tertiary/aromatic N) is 1. The lowest BCUT2D eigenvalue weighted by atomic mass is 10.1. The van der Waals surface area contributed by atoms with Crippen LogP contribution in [0, 0.1) is 0 Å². The highest BCUT2D eigenvalue weighted by Crippen LogP contribution is 2.35. The Morgan fingerprint density at radius 1 is 1.53 bits per heavy atom. The Kier molecular flexibility index (Phi) is 2.70. The van der Waals surface area contributed by atoms with Gasteiger partial charge in [0.25, 0.3) is 0 Å². The Hall–Kier alpha value is -1.59. The fraction of sp³-hybridized carbons (Fsp3) is 0.250. The van der Waals surface area contributed by atoms with Gasteiger partial charge < -0.3 is 14.6 Å². The number of fused-ring (bicyclic) bond motifs is 1. The maximum absolute atomic E-state index is 9.58. The van der Waals surface area contributed by atoms with Crippen LogP contribution in [0.3, 0.4) is 0 Å². The first-order chi connectivity index (χ1) is 8.33. The van der Waals surface area contributed by atoms with Crippen LogP contribution in [0.5, 0.6) is 11.5 Å². The van der Waals surface area contributed by atoms with Crippen molar-refractivity contribution in [3.63, 3.8) is 0 Å². The quantitative estimate of drug-likeness (QED) is 0.905. The highest BCUT2D eigenvalue weighted by molar-refractivity contribution is 7.09. The molecule has 3 rings (SSSR count). The summed E-state index contributed by atoms with van der Waals surface area (Å²) in [6, 6.07) is 5.50. The SMILES string of the molecule is OC1COc2cc(OCc3cncs3)ccc21. The standard InChI is InChI=1S/C12H11NO3S/c14-11-6-16-12-3-8(1-2-10(11)12)15-5-9-4-13-7-17-9/h1-4,7,11,14H,5-6H2. The zero-order valence-electron chi connectivity index (χ0n) is 9.00. The Morgan fingerprint density at radius 3 is 3.29 bits per heavy atom. The van der Waals surface area contributed by atoms with Gasteiger partial charge in [-0.15, -0.1) is 11.3 Å². The first-order valence-electron chi connectivity index (χ1n) is 5.28. The Balaban J connectivity index is 1.72. The highest BCUT2D eigenvalue weighted by atomic mass is 32.1.